The number of nitrogens with one attached hydrogen (secondary N) is 1. The minimum Gasteiger partial charge on any atom is -0.493 e. The topological polar surface area (TPSA) is 75.2 Å². The number of H-pyrrole nitrogens is 1. The summed E-state index contributed by atoms with van der Waals surface area (Å²) in [6.45, 7) is 0. The molecule has 1 aromatic rings. The lowest BCUT2D eigenvalue weighted by Crippen LogP contribution is -2.20. The van der Waals surface area contributed by atoms with Crippen molar-refractivity contribution in [2.75, 3.05) is 0 Å². The van der Waals surface area contributed by atoms with Gasteiger partial charge in [0.25, 0.3) is 5.56 Å². The summed E-state index contributed by atoms with van der Waals surface area (Å²) >= 11 is 0. The van der Waals surface area contributed by atoms with Gasteiger partial charge in [-0.1, -0.05) is 0 Å². The lowest BCUT2D eigenvalue weighted by atomic mass is 9.88. The number of hydrogen-bond acceptors (Lipinski definition) is 4. The van der Waals surface area contributed by atoms with E-state index in [2.05, 4.69) is 9.97 Å². The number of ether oxygens (including phenoxy) is 1. The maximum Gasteiger partial charge on any atom is 0.254 e. The highest BCUT2D eigenvalue weighted by atomic mass is 16.5. The first kappa shape index (κ1) is 8.91. The molecule has 80 valence electrons. The van der Waals surface area contributed by atoms with Gasteiger partial charge >= 0.3 is 0 Å². The van der Waals surface area contributed by atoms with Crippen LogP contribution in [0.25, 0.3) is 0 Å². The Hall–Kier alpha value is -1.36. The normalized spacial score (nSPS) is 33.5. The van der Waals surface area contributed by atoms with E-state index in [9.17, 15) is 9.90 Å². The van der Waals surface area contributed by atoms with Gasteiger partial charge in [0.05, 0.1) is 18.3 Å². The van der Waals surface area contributed by atoms with Crippen molar-refractivity contribution < 1.29 is 9.84 Å². The summed E-state index contributed by atoms with van der Waals surface area (Å²) in [4.78, 5) is 17.8. The van der Waals surface area contributed by atoms with Crippen molar-refractivity contribution in [3.05, 3.63) is 22.2 Å². The Balaban J connectivity index is 1.96. The molecule has 2 saturated heterocycles. The SMILES string of the molecule is O=c1cc(O)nc(C2CC3CCC2O3)[nH]1. The average Bonchev–Trinajstić information content (AvgIpc) is 2.76. The molecule has 15 heavy (non-hydrogen) atoms. The Kier molecular flexibility index (Phi) is 1.82. The molecule has 1 aromatic heterocycles. The number of rotatable bonds is 1. The van der Waals surface area contributed by atoms with Crippen LogP contribution in [0.4, 0.5) is 0 Å². The second-order valence-electron chi connectivity index (χ2n) is 4.20. The van der Waals surface area contributed by atoms with Crippen molar-refractivity contribution in [2.45, 2.75) is 37.4 Å². The lowest BCUT2D eigenvalue weighted by Gasteiger charge is -2.17. The van der Waals surface area contributed by atoms with Crippen molar-refractivity contribution in [1.29, 1.82) is 0 Å². The van der Waals surface area contributed by atoms with E-state index >= 15 is 0 Å². The number of hydrogen-bond donors (Lipinski definition) is 2. The fraction of sp³-hybridized carbons (Fsp3) is 0.600. The molecule has 2 N–H and O–H groups in total. The Morgan fingerprint density at radius 2 is 2.40 bits per heavy atom. The van der Waals surface area contributed by atoms with Crippen molar-refractivity contribution in [3.63, 3.8) is 0 Å². The maximum atomic E-state index is 11.2. The van der Waals surface area contributed by atoms with E-state index in [1.54, 1.807) is 0 Å². The van der Waals surface area contributed by atoms with E-state index in [1.807, 2.05) is 0 Å². The van der Waals surface area contributed by atoms with Gasteiger partial charge in [0.2, 0.25) is 5.88 Å². The summed E-state index contributed by atoms with van der Waals surface area (Å²) < 4.78 is 5.68. The molecular weight excluding hydrogens is 196 g/mol. The largest absolute Gasteiger partial charge is 0.493 e. The van der Waals surface area contributed by atoms with E-state index in [4.69, 9.17) is 4.74 Å². The van der Waals surface area contributed by atoms with Crippen LogP contribution in [0.1, 0.15) is 31.0 Å². The second kappa shape index (κ2) is 3.06. The first-order valence-corrected chi connectivity index (χ1v) is 5.18. The van der Waals surface area contributed by atoms with Crippen molar-refractivity contribution in [1.82, 2.24) is 9.97 Å². The molecular formula is C10H12N2O3. The molecule has 0 saturated carbocycles. The minimum atomic E-state index is -0.305. The van der Waals surface area contributed by atoms with E-state index in [1.165, 1.54) is 0 Å². The highest BCUT2D eigenvalue weighted by molar-refractivity contribution is 5.13. The van der Waals surface area contributed by atoms with Crippen molar-refractivity contribution in [3.8, 4) is 5.88 Å². The van der Waals surface area contributed by atoms with Crippen LogP contribution in [0.2, 0.25) is 0 Å². The fourth-order valence-electron chi connectivity index (χ4n) is 2.56. The van der Waals surface area contributed by atoms with Crippen LogP contribution in [-0.4, -0.2) is 27.3 Å². The molecule has 2 bridgehead atoms. The average molecular weight is 208 g/mol. The molecule has 0 radical (unpaired) electrons. The minimum absolute atomic E-state index is 0.142. The van der Waals surface area contributed by atoms with Gasteiger partial charge in [-0.05, 0) is 19.3 Å². The van der Waals surface area contributed by atoms with Crippen LogP contribution in [0, 0.1) is 0 Å². The van der Waals surface area contributed by atoms with E-state index < -0.39 is 0 Å². The third kappa shape index (κ3) is 1.43. The lowest BCUT2D eigenvalue weighted by molar-refractivity contribution is 0.0998. The maximum absolute atomic E-state index is 11.2. The molecule has 5 heteroatoms. The number of aromatic nitrogens is 2. The van der Waals surface area contributed by atoms with Gasteiger partial charge in [-0.2, -0.15) is 4.98 Å². The molecule has 3 atom stereocenters. The quantitative estimate of drug-likeness (QED) is 0.705. The van der Waals surface area contributed by atoms with Gasteiger partial charge < -0.3 is 14.8 Å². The van der Waals surface area contributed by atoms with Gasteiger partial charge in [0.1, 0.15) is 5.82 Å². The van der Waals surface area contributed by atoms with Crippen LogP contribution in [-0.2, 0) is 4.74 Å². The number of nitrogens with zero attached hydrogens (tertiary/aromatic N) is 1. The number of aromatic amines is 1. The van der Waals surface area contributed by atoms with E-state index in [0.29, 0.717) is 11.9 Å². The molecule has 2 aliphatic heterocycles. The standard InChI is InChI=1S/C10H12N2O3/c13-8-4-9(14)12-10(11-8)6-3-5-1-2-7(6)15-5/h4-7H,1-3H2,(H2,11,12,13,14). The van der Waals surface area contributed by atoms with Crippen LogP contribution in [0.15, 0.2) is 10.9 Å². The third-order valence-corrected chi connectivity index (χ3v) is 3.20. The molecule has 5 nitrogen and oxygen atoms in total. The highest BCUT2D eigenvalue weighted by Crippen LogP contribution is 2.43. The van der Waals surface area contributed by atoms with Crippen LogP contribution in [0.3, 0.4) is 0 Å². The third-order valence-electron chi connectivity index (χ3n) is 3.20. The summed E-state index contributed by atoms with van der Waals surface area (Å²) in [5, 5.41) is 9.25. The Morgan fingerprint density at radius 1 is 1.53 bits per heavy atom. The predicted octanol–water partition coefficient (Wildman–Crippen LogP) is 0.510. The monoisotopic (exact) mass is 208 g/mol. The van der Waals surface area contributed by atoms with Crippen molar-refractivity contribution >= 4 is 0 Å². The molecule has 3 heterocycles. The smallest absolute Gasteiger partial charge is 0.254 e. The molecule has 0 aromatic carbocycles. The first-order valence-electron chi connectivity index (χ1n) is 5.18. The van der Waals surface area contributed by atoms with Crippen molar-refractivity contribution in [2.24, 2.45) is 0 Å². The molecule has 2 fully saturated rings. The number of fused-ring (bicyclic) bond motifs is 2. The van der Waals surface area contributed by atoms with E-state index in [-0.39, 0.29) is 23.5 Å². The molecule has 0 amide bonds. The summed E-state index contributed by atoms with van der Waals surface area (Å²) in [5.74, 6) is 0.493. The summed E-state index contributed by atoms with van der Waals surface area (Å²) in [6, 6.07) is 1.08. The van der Waals surface area contributed by atoms with Gasteiger partial charge in [0.15, 0.2) is 0 Å². The zero-order valence-electron chi connectivity index (χ0n) is 8.14. The zero-order chi connectivity index (χ0) is 10.4. The van der Waals surface area contributed by atoms with E-state index in [0.717, 1.165) is 25.3 Å². The Bertz CT molecular complexity index is 443. The molecule has 0 aliphatic carbocycles. The summed E-state index contributed by atoms with van der Waals surface area (Å²) in [5.41, 5.74) is -0.305. The second-order valence-corrected chi connectivity index (χ2v) is 4.20. The highest BCUT2D eigenvalue weighted by Gasteiger charge is 2.42. The number of aromatic hydroxyl groups is 1. The zero-order valence-corrected chi connectivity index (χ0v) is 8.14. The molecule has 3 unspecified atom stereocenters. The van der Waals surface area contributed by atoms with Gasteiger partial charge in [-0.3, -0.25) is 4.79 Å². The predicted molar refractivity (Wildman–Crippen MR) is 51.8 cm³/mol. The molecule has 0 spiro atoms. The molecule has 2 aliphatic rings. The fourth-order valence-corrected chi connectivity index (χ4v) is 2.56. The van der Waals surface area contributed by atoms with Crippen LogP contribution in [0.5, 0.6) is 5.88 Å². The Morgan fingerprint density at radius 3 is 3.00 bits per heavy atom. The van der Waals surface area contributed by atoms with Crippen LogP contribution >= 0.6 is 0 Å². The Labute approximate surface area is 86.1 Å². The first-order chi connectivity index (χ1) is 7.22. The van der Waals surface area contributed by atoms with Crippen LogP contribution < -0.4 is 5.56 Å². The summed E-state index contributed by atoms with van der Waals surface area (Å²) in [7, 11) is 0. The van der Waals surface area contributed by atoms with Gasteiger partial charge in [-0.25, -0.2) is 0 Å². The summed E-state index contributed by atoms with van der Waals surface area (Å²) in [6.07, 6.45) is 3.50. The van der Waals surface area contributed by atoms with Gasteiger partial charge in [-0.15, -0.1) is 0 Å². The van der Waals surface area contributed by atoms with Gasteiger partial charge in [0, 0.05) is 5.92 Å². The molecule has 3 rings (SSSR count).